The Kier molecular flexibility index (Phi) is 5.97. The Morgan fingerprint density at radius 3 is 1.65 bits per heavy atom. The third-order valence-electron chi connectivity index (χ3n) is 13.0. The van der Waals surface area contributed by atoms with Crippen LogP contribution in [0.2, 0.25) is 0 Å². The van der Waals surface area contributed by atoms with Gasteiger partial charge in [0.05, 0.1) is 11.0 Å². The number of hydrogen-bond acceptors (Lipinski definition) is 3. The summed E-state index contributed by atoms with van der Waals surface area (Å²) in [5.74, 6) is 1.96. The summed E-state index contributed by atoms with van der Waals surface area (Å²) in [6, 6.07) is 39.1. The van der Waals surface area contributed by atoms with Crippen molar-refractivity contribution in [1.82, 2.24) is 19.5 Å². The van der Waals surface area contributed by atoms with Crippen LogP contribution in [0.5, 0.6) is 0 Å². The molecule has 2 aliphatic rings. The van der Waals surface area contributed by atoms with Crippen LogP contribution in [0.4, 0.5) is 0 Å². The Bertz CT molecular complexity index is 2420. The van der Waals surface area contributed by atoms with Crippen molar-refractivity contribution >= 4 is 21.8 Å². The molecule has 2 aromatic heterocycles. The zero-order valence-corrected chi connectivity index (χ0v) is 29.7. The van der Waals surface area contributed by atoms with E-state index < -0.39 is 0 Å². The third-order valence-corrected chi connectivity index (χ3v) is 13.0. The lowest BCUT2D eigenvalue weighted by Gasteiger charge is -2.44. The van der Waals surface area contributed by atoms with Gasteiger partial charge in [-0.15, -0.1) is 0 Å². The van der Waals surface area contributed by atoms with Crippen LogP contribution in [-0.2, 0) is 16.2 Å². The van der Waals surface area contributed by atoms with Crippen LogP contribution in [0, 0.1) is 5.41 Å². The van der Waals surface area contributed by atoms with Crippen LogP contribution >= 0.6 is 0 Å². The smallest absolute Gasteiger partial charge is 0.238 e. The summed E-state index contributed by atoms with van der Waals surface area (Å²) in [7, 11) is 0. The lowest BCUT2D eigenvalue weighted by molar-refractivity contribution is 0.125. The maximum absolute atomic E-state index is 5.27. The molecule has 4 heteroatoms. The predicted octanol–water partition coefficient (Wildman–Crippen LogP) is 11.2. The first kappa shape index (κ1) is 30.0. The number of rotatable bonds is 3. The monoisotopic (exact) mass is 638 g/mol. The Labute approximate surface area is 288 Å². The summed E-state index contributed by atoms with van der Waals surface area (Å²) < 4.78 is 2.31. The van der Waals surface area contributed by atoms with Gasteiger partial charge in [0.25, 0.3) is 0 Å². The molecule has 2 heterocycles. The lowest BCUT2D eigenvalue weighted by atomic mass is 9.59. The van der Waals surface area contributed by atoms with E-state index in [0.717, 1.165) is 22.2 Å². The van der Waals surface area contributed by atoms with Crippen molar-refractivity contribution in [3.8, 4) is 39.9 Å². The van der Waals surface area contributed by atoms with Gasteiger partial charge in [0, 0.05) is 27.3 Å². The summed E-state index contributed by atoms with van der Waals surface area (Å²) in [4.78, 5) is 15.6. The summed E-state index contributed by atoms with van der Waals surface area (Å²) in [6.45, 7) is 19.3. The van der Waals surface area contributed by atoms with E-state index >= 15 is 0 Å². The van der Waals surface area contributed by atoms with Gasteiger partial charge in [0.2, 0.25) is 5.95 Å². The summed E-state index contributed by atoms with van der Waals surface area (Å²) in [6.07, 6.45) is 0. The van der Waals surface area contributed by atoms with E-state index in [1.165, 1.54) is 44.2 Å². The average molecular weight is 639 g/mol. The SMILES string of the molecule is CC1(C)c2ccccc2-c2c1ccc1c2c2cc3c(cc2n1-c1nc(-c2ccccc2)nc(-c2ccccc2)n1)C(C)(C)C(C)(C)C3(C)C. The van der Waals surface area contributed by atoms with Crippen molar-refractivity contribution in [2.75, 3.05) is 0 Å². The van der Waals surface area contributed by atoms with Gasteiger partial charge < -0.3 is 0 Å². The zero-order valence-electron chi connectivity index (χ0n) is 29.7. The van der Waals surface area contributed by atoms with Crippen molar-refractivity contribution in [3.05, 3.63) is 131 Å². The normalized spacial score (nSPS) is 17.6. The van der Waals surface area contributed by atoms with Crippen molar-refractivity contribution in [2.45, 2.75) is 71.6 Å². The van der Waals surface area contributed by atoms with E-state index in [1.807, 2.05) is 36.4 Å². The van der Waals surface area contributed by atoms with Gasteiger partial charge in [-0.25, -0.2) is 4.98 Å². The highest BCUT2D eigenvalue weighted by Crippen LogP contribution is 2.63. The number of benzene rings is 5. The molecule has 5 aromatic carbocycles. The molecule has 0 radical (unpaired) electrons. The minimum atomic E-state index is -0.108. The predicted molar refractivity (Wildman–Crippen MR) is 202 cm³/mol. The standard InChI is InChI=1S/C45H42N4/c1-42(2)31-22-16-15-21-29(31)37-32(42)23-24-35-38(37)30-25-33-34(44(5,6)45(7,8)43(33,3)4)26-36(30)49(35)41-47-39(27-17-11-9-12-18-27)46-40(48-41)28-19-13-10-14-20-28/h9-26H,1-8H3. The fourth-order valence-corrected chi connectivity index (χ4v) is 8.95. The van der Waals surface area contributed by atoms with Gasteiger partial charge in [-0.2, -0.15) is 9.97 Å². The van der Waals surface area contributed by atoms with Crippen LogP contribution < -0.4 is 0 Å². The molecule has 0 N–H and O–H groups in total. The largest absolute Gasteiger partial charge is 0.278 e. The van der Waals surface area contributed by atoms with Gasteiger partial charge in [0.1, 0.15) is 0 Å². The Morgan fingerprint density at radius 1 is 0.490 bits per heavy atom. The fourth-order valence-electron chi connectivity index (χ4n) is 8.95. The molecular formula is C45H42N4. The van der Waals surface area contributed by atoms with Crippen molar-refractivity contribution in [1.29, 1.82) is 0 Å². The average Bonchev–Trinajstić information content (AvgIpc) is 3.59. The Balaban J connectivity index is 1.46. The van der Waals surface area contributed by atoms with E-state index in [2.05, 4.69) is 133 Å². The van der Waals surface area contributed by atoms with Crippen molar-refractivity contribution < 1.29 is 0 Å². The number of fused-ring (bicyclic) bond motifs is 8. The van der Waals surface area contributed by atoms with Crippen LogP contribution in [0.3, 0.4) is 0 Å². The number of hydrogen-bond donors (Lipinski definition) is 0. The minimum Gasteiger partial charge on any atom is -0.278 e. The summed E-state index contributed by atoms with van der Waals surface area (Å²) >= 11 is 0. The van der Waals surface area contributed by atoms with Gasteiger partial charge >= 0.3 is 0 Å². The van der Waals surface area contributed by atoms with E-state index in [1.54, 1.807) is 0 Å². The molecule has 0 spiro atoms. The van der Waals surface area contributed by atoms with E-state index in [4.69, 9.17) is 15.0 Å². The van der Waals surface area contributed by atoms with Crippen LogP contribution in [0.15, 0.2) is 109 Å². The van der Waals surface area contributed by atoms with Crippen LogP contribution in [0.1, 0.15) is 77.6 Å². The molecule has 0 saturated heterocycles. The van der Waals surface area contributed by atoms with E-state index in [0.29, 0.717) is 17.6 Å². The van der Waals surface area contributed by atoms with Crippen molar-refractivity contribution in [3.63, 3.8) is 0 Å². The molecule has 2 aliphatic carbocycles. The first-order chi connectivity index (χ1) is 23.3. The first-order valence-electron chi connectivity index (χ1n) is 17.5. The Morgan fingerprint density at radius 2 is 1.04 bits per heavy atom. The van der Waals surface area contributed by atoms with Crippen LogP contribution in [-0.4, -0.2) is 19.5 Å². The second-order valence-electron chi connectivity index (χ2n) is 16.2. The molecular weight excluding hydrogens is 597 g/mol. The highest BCUT2D eigenvalue weighted by atomic mass is 15.2. The molecule has 9 rings (SSSR count). The second kappa shape index (κ2) is 9.75. The summed E-state index contributed by atoms with van der Waals surface area (Å²) in [5.41, 5.74) is 12.2. The van der Waals surface area contributed by atoms with Gasteiger partial charge in [-0.3, -0.25) is 4.57 Å². The van der Waals surface area contributed by atoms with Gasteiger partial charge in [0.15, 0.2) is 11.6 Å². The molecule has 0 aliphatic heterocycles. The maximum Gasteiger partial charge on any atom is 0.238 e. The maximum atomic E-state index is 5.27. The first-order valence-corrected chi connectivity index (χ1v) is 17.5. The van der Waals surface area contributed by atoms with Gasteiger partial charge in [-0.05, 0) is 67.8 Å². The summed E-state index contributed by atoms with van der Waals surface area (Å²) in [5, 5.41) is 2.53. The van der Waals surface area contributed by atoms with E-state index in [9.17, 15) is 0 Å². The fraction of sp³-hybridized carbons (Fsp3) is 0.267. The zero-order chi connectivity index (χ0) is 34.1. The molecule has 0 atom stereocenters. The molecule has 49 heavy (non-hydrogen) atoms. The second-order valence-corrected chi connectivity index (χ2v) is 16.2. The van der Waals surface area contributed by atoms with E-state index in [-0.39, 0.29) is 21.7 Å². The Hall–Kier alpha value is -5.09. The number of aromatic nitrogens is 4. The van der Waals surface area contributed by atoms with Crippen LogP contribution in [0.25, 0.3) is 61.7 Å². The molecule has 0 bridgehead atoms. The lowest BCUT2D eigenvalue weighted by Crippen LogP contribution is -2.42. The molecule has 0 fully saturated rings. The molecule has 0 amide bonds. The highest BCUT2D eigenvalue weighted by molar-refractivity contribution is 6.18. The van der Waals surface area contributed by atoms with Crippen molar-refractivity contribution in [2.24, 2.45) is 5.41 Å². The highest BCUT2D eigenvalue weighted by Gasteiger charge is 2.57. The molecule has 7 aromatic rings. The molecule has 4 nitrogen and oxygen atoms in total. The third kappa shape index (κ3) is 3.83. The molecule has 242 valence electrons. The quantitative estimate of drug-likeness (QED) is 0.193. The van der Waals surface area contributed by atoms with Gasteiger partial charge in [-0.1, -0.05) is 146 Å². The topological polar surface area (TPSA) is 43.6 Å². The number of nitrogens with zero attached hydrogens (tertiary/aromatic N) is 4. The molecule has 0 saturated carbocycles. The minimum absolute atomic E-state index is 0.0301. The molecule has 0 unspecified atom stereocenters.